The lowest BCUT2D eigenvalue weighted by molar-refractivity contribution is 0.0692. The molecule has 0 aliphatic rings. The Morgan fingerprint density at radius 1 is 1.57 bits per heavy atom. The average molecular weight is 301 g/mol. The molecule has 0 aliphatic carbocycles. The van der Waals surface area contributed by atoms with Crippen molar-refractivity contribution >= 4 is 41.6 Å². The number of aromatic carboxylic acids is 1. The van der Waals surface area contributed by atoms with Crippen LogP contribution in [0.5, 0.6) is 0 Å². The van der Waals surface area contributed by atoms with Gasteiger partial charge in [0.15, 0.2) is 0 Å². The lowest BCUT2D eigenvalue weighted by atomic mass is 10.3. The molecule has 0 unspecified atom stereocenters. The first-order chi connectivity index (χ1) is 6.34. The predicted molar refractivity (Wildman–Crippen MR) is 51.9 cm³/mol. The molecule has 0 amide bonds. The van der Waals surface area contributed by atoms with Crippen molar-refractivity contribution in [1.82, 2.24) is 4.98 Å². The number of carbonyl (C=O) groups is 1. The topological polar surface area (TPSA) is 84.3 Å². The fourth-order valence-corrected chi connectivity index (χ4v) is 3.21. The highest BCUT2D eigenvalue weighted by atomic mass is 79.9. The summed E-state index contributed by atoms with van der Waals surface area (Å²) in [5.41, 5.74) is -0.415. The number of aromatic nitrogens is 1. The molecule has 5 nitrogen and oxygen atoms in total. The summed E-state index contributed by atoms with van der Waals surface area (Å²) in [4.78, 5) is 13.7. The van der Waals surface area contributed by atoms with Crippen molar-refractivity contribution in [2.45, 2.75) is 4.90 Å². The zero-order valence-corrected chi connectivity index (χ0v) is 9.60. The van der Waals surface area contributed by atoms with Gasteiger partial charge < -0.3 is 5.11 Å². The van der Waals surface area contributed by atoms with Gasteiger partial charge in [0.1, 0.15) is 9.50 Å². The standard InChI is InChI=1S/C6H3BrClNO4S/c7-5-4(14(8,12)13)3(6(10)11)1-2-9-5/h1-2H,(H,10,11). The van der Waals surface area contributed by atoms with E-state index in [1.165, 1.54) is 6.20 Å². The van der Waals surface area contributed by atoms with E-state index < -0.39 is 25.5 Å². The van der Waals surface area contributed by atoms with Crippen molar-refractivity contribution in [3.8, 4) is 0 Å². The SMILES string of the molecule is O=C(O)c1ccnc(Br)c1S(=O)(=O)Cl. The number of nitrogens with zero attached hydrogens (tertiary/aromatic N) is 1. The molecule has 8 heteroatoms. The minimum absolute atomic E-state index is 0.118. The second kappa shape index (κ2) is 3.84. The van der Waals surface area contributed by atoms with E-state index in [4.69, 9.17) is 15.8 Å². The van der Waals surface area contributed by atoms with Crippen molar-refractivity contribution in [3.63, 3.8) is 0 Å². The minimum Gasteiger partial charge on any atom is -0.478 e. The fraction of sp³-hybridized carbons (Fsp3) is 0. The van der Waals surface area contributed by atoms with Gasteiger partial charge in [-0.15, -0.1) is 0 Å². The molecule has 0 aliphatic heterocycles. The molecule has 0 saturated heterocycles. The molecular formula is C6H3BrClNO4S. The molecule has 1 heterocycles. The summed E-state index contributed by atoms with van der Waals surface area (Å²) < 4.78 is 21.9. The first kappa shape index (κ1) is 11.4. The Bertz CT molecular complexity index is 487. The van der Waals surface area contributed by atoms with Crippen LogP contribution in [0.15, 0.2) is 21.8 Å². The van der Waals surface area contributed by atoms with E-state index in [-0.39, 0.29) is 4.60 Å². The molecule has 0 aromatic carbocycles. The van der Waals surface area contributed by atoms with Crippen LogP contribution in [-0.2, 0) is 9.05 Å². The van der Waals surface area contributed by atoms with Crippen LogP contribution in [0.2, 0.25) is 0 Å². The molecule has 0 spiro atoms. The van der Waals surface area contributed by atoms with E-state index in [9.17, 15) is 13.2 Å². The highest BCUT2D eigenvalue weighted by molar-refractivity contribution is 9.10. The largest absolute Gasteiger partial charge is 0.478 e. The Hall–Kier alpha value is -0.660. The lowest BCUT2D eigenvalue weighted by Gasteiger charge is -2.02. The number of carboxylic acids is 1. The Morgan fingerprint density at radius 3 is 2.50 bits per heavy atom. The zero-order chi connectivity index (χ0) is 10.9. The van der Waals surface area contributed by atoms with Crippen molar-refractivity contribution in [2.75, 3.05) is 0 Å². The highest BCUT2D eigenvalue weighted by Crippen LogP contribution is 2.26. The molecule has 0 saturated carbocycles. The zero-order valence-electron chi connectivity index (χ0n) is 6.44. The number of hydrogen-bond donors (Lipinski definition) is 1. The van der Waals surface area contributed by atoms with Crippen LogP contribution < -0.4 is 0 Å². The summed E-state index contributed by atoms with van der Waals surface area (Å²) >= 11 is 2.81. The quantitative estimate of drug-likeness (QED) is 0.660. The van der Waals surface area contributed by atoms with E-state index in [2.05, 4.69) is 20.9 Å². The molecule has 0 atom stereocenters. The smallest absolute Gasteiger partial charge is 0.337 e. The predicted octanol–water partition coefficient (Wildman–Crippen LogP) is 1.47. The third-order valence-electron chi connectivity index (χ3n) is 1.34. The van der Waals surface area contributed by atoms with Crippen LogP contribution in [0.4, 0.5) is 0 Å². The first-order valence-electron chi connectivity index (χ1n) is 3.16. The van der Waals surface area contributed by atoms with E-state index >= 15 is 0 Å². The van der Waals surface area contributed by atoms with Gasteiger partial charge in [0.2, 0.25) is 0 Å². The number of halogens is 2. The molecule has 1 aromatic heterocycles. The van der Waals surface area contributed by atoms with Gasteiger partial charge in [-0.2, -0.15) is 0 Å². The summed E-state index contributed by atoms with van der Waals surface area (Å²) in [5, 5.41) is 8.68. The molecule has 0 bridgehead atoms. The Kier molecular flexibility index (Phi) is 3.13. The van der Waals surface area contributed by atoms with Crippen LogP contribution in [0.25, 0.3) is 0 Å². The highest BCUT2D eigenvalue weighted by Gasteiger charge is 2.23. The lowest BCUT2D eigenvalue weighted by Crippen LogP contribution is -2.06. The Balaban J connectivity index is 3.62. The molecule has 0 fully saturated rings. The maximum absolute atomic E-state index is 11.0. The maximum atomic E-state index is 11.0. The monoisotopic (exact) mass is 299 g/mol. The minimum atomic E-state index is -4.13. The van der Waals surface area contributed by atoms with Crippen molar-refractivity contribution in [1.29, 1.82) is 0 Å². The van der Waals surface area contributed by atoms with Crippen LogP contribution >= 0.6 is 26.6 Å². The average Bonchev–Trinajstić information content (AvgIpc) is 2.01. The van der Waals surface area contributed by atoms with Crippen molar-refractivity contribution in [3.05, 3.63) is 22.4 Å². The second-order valence-corrected chi connectivity index (χ2v) is 5.48. The van der Waals surface area contributed by atoms with E-state index in [0.29, 0.717) is 0 Å². The van der Waals surface area contributed by atoms with Gasteiger partial charge in [-0.1, -0.05) is 0 Å². The van der Waals surface area contributed by atoms with Crippen LogP contribution in [0.3, 0.4) is 0 Å². The van der Waals surface area contributed by atoms with Gasteiger partial charge in [0.25, 0.3) is 9.05 Å². The van der Waals surface area contributed by atoms with Crippen LogP contribution in [0, 0.1) is 0 Å². The Labute approximate surface area is 92.3 Å². The second-order valence-electron chi connectivity index (χ2n) is 2.22. The first-order valence-corrected chi connectivity index (χ1v) is 6.26. The summed E-state index contributed by atoms with van der Waals surface area (Å²) in [7, 11) is 0.925. The number of rotatable bonds is 2. The molecule has 14 heavy (non-hydrogen) atoms. The summed E-state index contributed by atoms with van der Waals surface area (Å²) in [6.45, 7) is 0. The maximum Gasteiger partial charge on any atom is 0.337 e. The van der Waals surface area contributed by atoms with Gasteiger partial charge in [-0.05, 0) is 22.0 Å². The normalized spacial score (nSPS) is 11.3. The molecule has 1 aromatic rings. The van der Waals surface area contributed by atoms with Gasteiger partial charge in [-0.3, -0.25) is 0 Å². The summed E-state index contributed by atoms with van der Waals surface area (Å²) in [5.74, 6) is -1.38. The summed E-state index contributed by atoms with van der Waals surface area (Å²) in [6.07, 6.45) is 1.17. The van der Waals surface area contributed by atoms with Gasteiger partial charge in [0, 0.05) is 16.9 Å². The Morgan fingerprint density at radius 2 is 2.14 bits per heavy atom. The van der Waals surface area contributed by atoms with Gasteiger partial charge >= 0.3 is 5.97 Å². The third kappa shape index (κ3) is 2.23. The van der Waals surface area contributed by atoms with Crippen molar-refractivity contribution < 1.29 is 18.3 Å². The third-order valence-corrected chi connectivity index (χ3v) is 3.56. The molecule has 76 valence electrons. The molecular weight excluding hydrogens is 297 g/mol. The van der Waals surface area contributed by atoms with Crippen LogP contribution in [-0.4, -0.2) is 24.5 Å². The van der Waals surface area contributed by atoms with Crippen LogP contribution in [0.1, 0.15) is 10.4 Å². The van der Waals surface area contributed by atoms with E-state index in [1.54, 1.807) is 0 Å². The van der Waals surface area contributed by atoms with Gasteiger partial charge in [0.05, 0.1) is 5.56 Å². The number of hydrogen-bond acceptors (Lipinski definition) is 4. The summed E-state index contributed by atoms with van der Waals surface area (Å²) in [6, 6.07) is 1.06. The molecule has 0 radical (unpaired) electrons. The van der Waals surface area contributed by atoms with E-state index in [1.807, 2.05) is 0 Å². The molecule has 1 rings (SSSR count). The number of pyridine rings is 1. The van der Waals surface area contributed by atoms with Crippen molar-refractivity contribution in [2.24, 2.45) is 0 Å². The number of carboxylic acid groups (broad SMARTS) is 1. The van der Waals surface area contributed by atoms with E-state index in [0.717, 1.165) is 6.07 Å². The van der Waals surface area contributed by atoms with Gasteiger partial charge in [-0.25, -0.2) is 18.2 Å². The molecule has 1 N–H and O–H groups in total. The fourth-order valence-electron chi connectivity index (χ4n) is 0.823.